The Kier molecular flexibility index (Phi) is 1.60. The number of fused-ring (bicyclic) bond motifs is 1. The number of hydrogen-bond donors (Lipinski definition) is 3. The molecule has 5 N–H and O–H groups in total. The molecule has 1 aromatic carbocycles. The first-order valence-corrected chi connectivity index (χ1v) is 3.90. The number of nitrogen functional groups attached to an aromatic ring is 2. The van der Waals surface area contributed by atoms with Gasteiger partial charge in [-0.2, -0.15) is 0 Å². The highest BCUT2D eigenvalue weighted by Crippen LogP contribution is 2.29. The smallest absolute Gasteiger partial charge is 0.374 e. The number of rotatable bonds is 1. The molecule has 0 bridgehead atoms. The van der Waals surface area contributed by atoms with Crippen LogP contribution in [-0.4, -0.2) is 11.1 Å². The summed E-state index contributed by atoms with van der Waals surface area (Å²) in [6.07, 6.45) is 0. The number of carbonyl (C=O) groups is 1. The minimum absolute atomic E-state index is 0.111. The van der Waals surface area contributed by atoms with Gasteiger partial charge in [-0.05, 0) is 18.2 Å². The third kappa shape index (κ3) is 1.06. The highest BCUT2D eigenvalue weighted by atomic mass is 16.4. The van der Waals surface area contributed by atoms with Crippen LogP contribution in [-0.2, 0) is 0 Å². The van der Waals surface area contributed by atoms with E-state index in [1.165, 1.54) is 0 Å². The largest absolute Gasteiger partial charge is 0.475 e. The van der Waals surface area contributed by atoms with Crippen LogP contribution in [0.3, 0.4) is 0 Å². The number of carboxylic acid groups (broad SMARTS) is 1. The Labute approximate surface area is 78.9 Å². The third-order valence-corrected chi connectivity index (χ3v) is 1.94. The molecule has 0 unspecified atom stereocenters. The molecule has 5 nitrogen and oxygen atoms in total. The Morgan fingerprint density at radius 1 is 1.36 bits per heavy atom. The number of anilines is 2. The zero-order valence-corrected chi connectivity index (χ0v) is 7.15. The molecule has 0 fully saturated rings. The molecule has 0 saturated carbocycles. The van der Waals surface area contributed by atoms with E-state index in [4.69, 9.17) is 21.0 Å². The van der Waals surface area contributed by atoms with Crippen molar-refractivity contribution in [1.82, 2.24) is 0 Å². The van der Waals surface area contributed by atoms with Gasteiger partial charge in [0.2, 0.25) is 5.76 Å². The van der Waals surface area contributed by atoms with Gasteiger partial charge < -0.3 is 21.0 Å². The van der Waals surface area contributed by atoms with E-state index in [1.54, 1.807) is 18.2 Å². The van der Waals surface area contributed by atoms with Crippen molar-refractivity contribution in [2.75, 3.05) is 11.5 Å². The van der Waals surface area contributed by atoms with Crippen LogP contribution in [0.4, 0.5) is 11.4 Å². The second-order valence-corrected chi connectivity index (χ2v) is 2.91. The lowest BCUT2D eigenvalue weighted by Gasteiger charge is -1.91. The lowest BCUT2D eigenvalue weighted by molar-refractivity contribution is 0.0666. The summed E-state index contributed by atoms with van der Waals surface area (Å²) in [6.45, 7) is 0. The molecular weight excluding hydrogens is 184 g/mol. The van der Waals surface area contributed by atoms with E-state index >= 15 is 0 Å². The molecule has 0 saturated heterocycles. The standard InChI is InChI=1S/C9H8N2O3/c10-4-1-2-6-5(3-4)7(11)8(14-6)9(12)13/h1-3H,10-11H2,(H,12,13). The summed E-state index contributed by atoms with van der Waals surface area (Å²) in [6, 6.07) is 4.80. The molecular formula is C9H8N2O3. The van der Waals surface area contributed by atoms with Gasteiger partial charge in [-0.15, -0.1) is 0 Å². The summed E-state index contributed by atoms with van der Waals surface area (Å²) in [5.74, 6) is -1.43. The number of aromatic carboxylic acids is 1. The van der Waals surface area contributed by atoms with Crippen molar-refractivity contribution in [2.45, 2.75) is 0 Å². The Balaban J connectivity index is 2.80. The van der Waals surface area contributed by atoms with Gasteiger partial charge in [-0.25, -0.2) is 4.79 Å². The summed E-state index contributed by atoms with van der Waals surface area (Å²) in [5, 5.41) is 9.26. The van der Waals surface area contributed by atoms with Crippen molar-refractivity contribution in [1.29, 1.82) is 0 Å². The first-order valence-electron chi connectivity index (χ1n) is 3.90. The summed E-state index contributed by atoms with van der Waals surface area (Å²) in [5.41, 5.74) is 12.2. The van der Waals surface area contributed by atoms with Gasteiger partial charge in [-0.1, -0.05) is 0 Å². The minimum Gasteiger partial charge on any atom is -0.475 e. The van der Waals surface area contributed by atoms with Crippen LogP contribution in [0.5, 0.6) is 0 Å². The van der Waals surface area contributed by atoms with Crippen LogP contribution >= 0.6 is 0 Å². The van der Waals surface area contributed by atoms with Crippen LogP contribution in [0.25, 0.3) is 11.0 Å². The minimum atomic E-state index is -1.18. The molecule has 0 aliphatic carbocycles. The maximum atomic E-state index is 10.7. The predicted octanol–water partition coefficient (Wildman–Crippen LogP) is 1.30. The maximum absolute atomic E-state index is 10.7. The van der Waals surface area contributed by atoms with Gasteiger partial charge in [0.15, 0.2) is 0 Å². The van der Waals surface area contributed by atoms with E-state index in [0.29, 0.717) is 16.7 Å². The Hall–Kier alpha value is -2.17. The third-order valence-electron chi connectivity index (χ3n) is 1.94. The van der Waals surface area contributed by atoms with E-state index in [-0.39, 0.29) is 11.4 Å². The van der Waals surface area contributed by atoms with Gasteiger partial charge in [0, 0.05) is 11.1 Å². The molecule has 1 aromatic heterocycles. The van der Waals surface area contributed by atoms with Crippen LogP contribution < -0.4 is 11.5 Å². The average molecular weight is 192 g/mol. The molecule has 0 amide bonds. The van der Waals surface area contributed by atoms with Crippen molar-refractivity contribution in [2.24, 2.45) is 0 Å². The Morgan fingerprint density at radius 2 is 2.07 bits per heavy atom. The molecule has 2 aromatic rings. The van der Waals surface area contributed by atoms with Gasteiger partial charge >= 0.3 is 5.97 Å². The van der Waals surface area contributed by atoms with Crippen LogP contribution in [0, 0.1) is 0 Å². The lowest BCUT2D eigenvalue weighted by atomic mass is 10.2. The average Bonchev–Trinajstić information content (AvgIpc) is 2.44. The van der Waals surface area contributed by atoms with Crippen LogP contribution in [0.1, 0.15) is 10.6 Å². The lowest BCUT2D eigenvalue weighted by Crippen LogP contribution is -1.98. The van der Waals surface area contributed by atoms with Crippen LogP contribution in [0.2, 0.25) is 0 Å². The SMILES string of the molecule is Nc1ccc2oc(C(=O)O)c(N)c2c1. The van der Waals surface area contributed by atoms with Crippen molar-refractivity contribution in [3.63, 3.8) is 0 Å². The quantitative estimate of drug-likeness (QED) is 0.591. The van der Waals surface area contributed by atoms with E-state index in [9.17, 15) is 4.79 Å². The van der Waals surface area contributed by atoms with Crippen molar-refractivity contribution >= 4 is 28.3 Å². The fraction of sp³-hybridized carbons (Fsp3) is 0. The van der Waals surface area contributed by atoms with Crippen molar-refractivity contribution in [3.8, 4) is 0 Å². The van der Waals surface area contributed by atoms with E-state index in [0.717, 1.165) is 0 Å². The Morgan fingerprint density at radius 3 is 2.71 bits per heavy atom. The fourth-order valence-corrected chi connectivity index (χ4v) is 1.29. The first kappa shape index (κ1) is 8.43. The monoisotopic (exact) mass is 192 g/mol. The Bertz CT molecular complexity index is 516. The van der Waals surface area contributed by atoms with Gasteiger partial charge in [0.25, 0.3) is 0 Å². The second-order valence-electron chi connectivity index (χ2n) is 2.91. The van der Waals surface area contributed by atoms with Crippen molar-refractivity contribution < 1.29 is 14.3 Å². The summed E-state index contributed by atoms with van der Waals surface area (Å²) in [7, 11) is 0. The van der Waals surface area contributed by atoms with E-state index in [1.807, 2.05) is 0 Å². The molecule has 0 atom stereocenters. The van der Waals surface area contributed by atoms with Gasteiger partial charge in [-0.3, -0.25) is 0 Å². The summed E-state index contributed by atoms with van der Waals surface area (Å²) >= 11 is 0. The number of carboxylic acids is 1. The molecule has 14 heavy (non-hydrogen) atoms. The van der Waals surface area contributed by atoms with E-state index < -0.39 is 5.97 Å². The number of hydrogen-bond acceptors (Lipinski definition) is 4. The molecule has 5 heteroatoms. The molecule has 0 aliphatic rings. The molecule has 0 aliphatic heterocycles. The highest BCUT2D eigenvalue weighted by Gasteiger charge is 2.17. The molecule has 0 radical (unpaired) electrons. The zero-order chi connectivity index (χ0) is 10.3. The maximum Gasteiger partial charge on any atom is 0.374 e. The summed E-state index contributed by atoms with van der Waals surface area (Å²) in [4.78, 5) is 10.7. The number of benzene rings is 1. The highest BCUT2D eigenvalue weighted by molar-refractivity contribution is 6.03. The number of furan rings is 1. The molecule has 2 rings (SSSR count). The second kappa shape index (κ2) is 2.66. The first-order chi connectivity index (χ1) is 6.59. The van der Waals surface area contributed by atoms with Gasteiger partial charge in [0.1, 0.15) is 5.58 Å². The molecule has 1 heterocycles. The van der Waals surface area contributed by atoms with Gasteiger partial charge in [0.05, 0.1) is 5.69 Å². The summed E-state index contributed by atoms with van der Waals surface area (Å²) < 4.78 is 5.04. The topological polar surface area (TPSA) is 102 Å². The predicted molar refractivity (Wildman–Crippen MR) is 52.0 cm³/mol. The van der Waals surface area contributed by atoms with Crippen LogP contribution in [0.15, 0.2) is 22.6 Å². The fourth-order valence-electron chi connectivity index (χ4n) is 1.29. The van der Waals surface area contributed by atoms with Crippen molar-refractivity contribution in [3.05, 3.63) is 24.0 Å². The molecule has 72 valence electrons. The normalized spacial score (nSPS) is 10.6. The number of nitrogens with two attached hydrogens (primary N) is 2. The zero-order valence-electron chi connectivity index (χ0n) is 7.15. The van der Waals surface area contributed by atoms with E-state index in [2.05, 4.69) is 0 Å². The molecule has 0 spiro atoms.